The van der Waals surface area contributed by atoms with Crippen LogP contribution in [0.15, 0.2) is 22.5 Å². The summed E-state index contributed by atoms with van der Waals surface area (Å²) in [6.45, 7) is 4.16. The van der Waals surface area contributed by atoms with Crippen molar-refractivity contribution in [2.24, 2.45) is 4.99 Å². The number of hydrogen-bond acceptors (Lipinski definition) is 2. The van der Waals surface area contributed by atoms with Gasteiger partial charge in [0.05, 0.1) is 19.0 Å². The lowest BCUT2D eigenvalue weighted by molar-refractivity contribution is -0.132. The predicted octanol–water partition coefficient (Wildman–Crippen LogP) is 3.93. The normalized spacial score (nSPS) is 13.6. The first-order chi connectivity index (χ1) is 8.92. The van der Waals surface area contributed by atoms with Crippen LogP contribution in [0.4, 0.5) is 13.2 Å². The average molecular weight is 421 g/mol. The van der Waals surface area contributed by atoms with Gasteiger partial charge in [0.1, 0.15) is 0 Å². The highest BCUT2D eigenvalue weighted by molar-refractivity contribution is 14.0. The molecule has 3 nitrogen and oxygen atoms in total. The van der Waals surface area contributed by atoms with E-state index < -0.39 is 12.6 Å². The molecule has 1 rings (SSSR count). The van der Waals surface area contributed by atoms with Crippen LogP contribution in [0.2, 0.25) is 0 Å². The lowest BCUT2D eigenvalue weighted by Gasteiger charge is -2.16. The second-order valence-corrected chi connectivity index (χ2v) is 4.99. The number of guanidine groups is 1. The molecule has 1 heterocycles. The van der Waals surface area contributed by atoms with Crippen LogP contribution in [0, 0.1) is 0 Å². The van der Waals surface area contributed by atoms with E-state index in [4.69, 9.17) is 0 Å². The molecule has 0 amide bonds. The quantitative estimate of drug-likeness (QED) is 0.430. The molecule has 0 spiro atoms. The number of thiophene rings is 1. The van der Waals surface area contributed by atoms with Crippen molar-refractivity contribution in [2.45, 2.75) is 32.5 Å². The maximum absolute atomic E-state index is 12.1. The minimum atomic E-state index is -4.17. The standard InChI is InChI=1S/C12H18F3N3S.HI/c1-3-16-11(17-7-6-12(13,14)15)18-9(2)10-5-4-8-19-10;/h4-5,8-9H,3,6-7H2,1-2H3,(H2,16,17,18);1H. The molecule has 20 heavy (non-hydrogen) atoms. The van der Waals surface area contributed by atoms with Crippen molar-refractivity contribution in [1.82, 2.24) is 10.6 Å². The second kappa shape index (κ2) is 9.43. The molecule has 0 fully saturated rings. The molecule has 8 heteroatoms. The third-order valence-electron chi connectivity index (χ3n) is 2.33. The van der Waals surface area contributed by atoms with E-state index in [2.05, 4.69) is 15.6 Å². The summed E-state index contributed by atoms with van der Waals surface area (Å²) in [4.78, 5) is 5.04. The Bertz CT molecular complexity index is 393. The van der Waals surface area contributed by atoms with Gasteiger partial charge in [-0.25, -0.2) is 0 Å². The van der Waals surface area contributed by atoms with Crippen LogP contribution in [0.1, 0.15) is 31.2 Å². The van der Waals surface area contributed by atoms with Crippen molar-refractivity contribution in [1.29, 1.82) is 0 Å². The lowest BCUT2D eigenvalue weighted by atomic mass is 10.3. The summed E-state index contributed by atoms with van der Waals surface area (Å²) in [7, 11) is 0. The maximum Gasteiger partial charge on any atom is 0.390 e. The van der Waals surface area contributed by atoms with E-state index >= 15 is 0 Å². The predicted molar refractivity (Wildman–Crippen MR) is 87.9 cm³/mol. The Hall–Kier alpha value is -0.510. The molecule has 2 N–H and O–H groups in total. The van der Waals surface area contributed by atoms with E-state index in [1.807, 2.05) is 31.4 Å². The fourth-order valence-corrected chi connectivity index (χ4v) is 2.16. The summed E-state index contributed by atoms with van der Waals surface area (Å²) < 4.78 is 36.2. The highest BCUT2D eigenvalue weighted by atomic mass is 127. The number of hydrogen-bond donors (Lipinski definition) is 2. The van der Waals surface area contributed by atoms with Crippen molar-refractivity contribution in [3.8, 4) is 0 Å². The molecule has 0 aliphatic rings. The zero-order valence-corrected chi connectivity index (χ0v) is 14.5. The number of alkyl halides is 3. The third-order valence-corrected chi connectivity index (χ3v) is 3.39. The summed E-state index contributed by atoms with van der Waals surface area (Å²) in [6, 6.07) is 3.93. The number of nitrogens with one attached hydrogen (secondary N) is 2. The third kappa shape index (κ3) is 7.93. The van der Waals surface area contributed by atoms with Gasteiger partial charge in [0.2, 0.25) is 0 Å². The first-order valence-electron chi connectivity index (χ1n) is 6.07. The summed E-state index contributed by atoms with van der Waals surface area (Å²) in [5, 5.41) is 7.99. The largest absolute Gasteiger partial charge is 0.390 e. The molecule has 0 aliphatic heterocycles. The van der Waals surface area contributed by atoms with Gasteiger partial charge in [0.25, 0.3) is 0 Å². The maximum atomic E-state index is 12.1. The molecule has 1 unspecified atom stereocenters. The Labute approximate surface area is 138 Å². The van der Waals surface area contributed by atoms with Crippen molar-refractivity contribution in [3.05, 3.63) is 22.4 Å². The van der Waals surface area contributed by atoms with Gasteiger partial charge >= 0.3 is 6.18 Å². The van der Waals surface area contributed by atoms with Crippen molar-refractivity contribution >= 4 is 41.3 Å². The zero-order valence-electron chi connectivity index (χ0n) is 11.3. The molecule has 1 aromatic heterocycles. The molecule has 1 aromatic rings. The van der Waals surface area contributed by atoms with Gasteiger partial charge < -0.3 is 10.6 Å². The summed E-state index contributed by atoms with van der Waals surface area (Å²) in [6.07, 6.45) is -5.07. The Balaban J connectivity index is 0.00000361. The zero-order chi connectivity index (χ0) is 14.3. The van der Waals surface area contributed by atoms with Crippen LogP contribution < -0.4 is 10.6 Å². The molecule has 0 saturated carbocycles. The Morgan fingerprint density at radius 3 is 2.65 bits per heavy atom. The van der Waals surface area contributed by atoms with E-state index in [0.29, 0.717) is 12.5 Å². The Morgan fingerprint density at radius 2 is 2.15 bits per heavy atom. The number of rotatable bonds is 5. The molecule has 1 atom stereocenters. The van der Waals surface area contributed by atoms with E-state index in [0.717, 1.165) is 4.88 Å². The summed E-state index contributed by atoms with van der Waals surface area (Å²) >= 11 is 1.59. The highest BCUT2D eigenvalue weighted by Crippen LogP contribution is 2.19. The van der Waals surface area contributed by atoms with E-state index in [1.54, 1.807) is 11.3 Å². The van der Waals surface area contributed by atoms with Gasteiger partial charge in [-0.05, 0) is 25.3 Å². The molecule has 0 aromatic carbocycles. The van der Waals surface area contributed by atoms with Crippen molar-refractivity contribution < 1.29 is 13.2 Å². The van der Waals surface area contributed by atoms with Crippen LogP contribution in [-0.4, -0.2) is 25.2 Å². The average Bonchev–Trinajstić information content (AvgIpc) is 2.80. The monoisotopic (exact) mass is 421 g/mol. The van der Waals surface area contributed by atoms with Gasteiger partial charge in [-0.2, -0.15) is 13.2 Å². The molecular formula is C12H19F3IN3S. The fraction of sp³-hybridized carbons (Fsp3) is 0.583. The van der Waals surface area contributed by atoms with Gasteiger partial charge in [-0.3, -0.25) is 4.99 Å². The van der Waals surface area contributed by atoms with Gasteiger partial charge in [-0.15, -0.1) is 35.3 Å². The van der Waals surface area contributed by atoms with Gasteiger partial charge in [0.15, 0.2) is 5.96 Å². The van der Waals surface area contributed by atoms with Gasteiger partial charge in [0, 0.05) is 11.4 Å². The number of nitrogens with zero attached hydrogens (tertiary/aromatic N) is 1. The van der Waals surface area contributed by atoms with Crippen LogP contribution in [0.5, 0.6) is 0 Å². The molecular weight excluding hydrogens is 402 g/mol. The molecule has 116 valence electrons. The first kappa shape index (κ1) is 19.5. The van der Waals surface area contributed by atoms with Crippen LogP contribution in [0.3, 0.4) is 0 Å². The summed E-state index contributed by atoms with van der Waals surface area (Å²) in [5.41, 5.74) is 0. The summed E-state index contributed by atoms with van der Waals surface area (Å²) in [5.74, 6) is 0.410. The Kier molecular flexibility index (Phi) is 9.19. The lowest BCUT2D eigenvalue weighted by Crippen LogP contribution is -2.38. The fourth-order valence-electron chi connectivity index (χ4n) is 1.43. The van der Waals surface area contributed by atoms with Gasteiger partial charge in [-0.1, -0.05) is 6.07 Å². The van der Waals surface area contributed by atoms with Crippen LogP contribution in [-0.2, 0) is 0 Å². The second-order valence-electron chi connectivity index (χ2n) is 4.01. The SMILES string of the molecule is CCNC(=NCCC(F)(F)F)NC(C)c1cccs1.I. The van der Waals surface area contributed by atoms with E-state index in [-0.39, 0.29) is 36.6 Å². The van der Waals surface area contributed by atoms with Crippen molar-refractivity contribution in [3.63, 3.8) is 0 Å². The van der Waals surface area contributed by atoms with Crippen LogP contribution in [0.25, 0.3) is 0 Å². The number of aliphatic imine (C=N–C) groups is 1. The highest BCUT2D eigenvalue weighted by Gasteiger charge is 2.26. The molecule has 0 bridgehead atoms. The molecule has 0 radical (unpaired) electrons. The Morgan fingerprint density at radius 1 is 1.45 bits per heavy atom. The smallest absolute Gasteiger partial charge is 0.357 e. The minimum absolute atomic E-state index is 0. The first-order valence-corrected chi connectivity index (χ1v) is 6.95. The van der Waals surface area contributed by atoms with E-state index in [9.17, 15) is 13.2 Å². The van der Waals surface area contributed by atoms with Crippen LogP contribution >= 0.6 is 35.3 Å². The molecule has 0 saturated heterocycles. The van der Waals surface area contributed by atoms with E-state index in [1.165, 1.54) is 0 Å². The molecule has 0 aliphatic carbocycles. The minimum Gasteiger partial charge on any atom is -0.357 e. The number of halogens is 4. The topological polar surface area (TPSA) is 36.4 Å². The van der Waals surface area contributed by atoms with Crippen molar-refractivity contribution in [2.75, 3.05) is 13.1 Å².